The molecular formula is C19H13N5O6. The van der Waals surface area contributed by atoms with Crippen molar-refractivity contribution in [2.75, 3.05) is 0 Å². The largest absolute Gasteiger partial charge is 0.450 e. The lowest BCUT2D eigenvalue weighted by Gasteiger charge is -2.06. The lowest BCUT2D eigenvalue weighted by atomic mass is 10.2. The summed E-state index contributed by atoms with van der Waals surface area (Å²) in [6.07, 6.45) is 4.40. The first-order chi connectivity index (χ1) is 14.4. The number of aromatic nitrogens is 1. The highest BCUT2D eigenvalue weighted by Crippen LogP contribution is 2.34. The minimum Gasteiger partial charge on any atom is -0.450 e. The maximum atomic E-state index is 11.9. The molecule has 11 nitrogen and oxygen atoms in total. The van der Waals surface area contributed by atoms with Crippen molar-refractivity contribution in [2.24, 2.45) is 5.10 Å². The molecule has 0 fully saturated rings. The Kier molecular flexibility index (Phi) is 6.03. The summed E-state index contributed by atoms with van der Waals surface area (Å²) >= 11 is 0. The van der Waals surface area contributed by atoms with Crippen LogP contribution in [0.2, 0.25) is 0 Å². The minimum atomic E-state index is -0.755. The molecule has 30 heavy (non-hydrogen) atoms. The standard InChI is InChI=1S/C19H13N5O6/c25-19(14-7-9-20-10-8-14)22-21-12-13-1-4-16(5-2-13)30-18-6-3-15(23(26)27)11-17(18)24(28)29/h1-12H,(H,22,25)/b21-12+. The van der Waals surface area contributed by atoms with Gasteiger partial charge in [-0.15, -0.1) is 0 Å². The van der Waals surface area contributed by atoms with Gasteiger partial charge in [-0.3, -0.25) is 30.0 Å². The third kappa shape index (κ3) is 4.98. The summed E-state index contributed by atoms with van der Waals surface area (Å²) in [5, 5.41) is 25.8. The van der Waals surface area contributed by atoms with Crippen molar-refractivity contribution in [2.45, 2.75) is 0 Å². The van der Waals surface area contributed by atoms with E-state index in [1.54, 1.807) is 24.3 Å². The predicted octanol–water partition coefficient (Wildman–Crippen LogP) is 3.45. The highest BCUT2D eigenvalue weighted by molar-refractivity contribution is 5.94. The number of ether oxygens (including phenoxy) is 1. The first-order valence-electron chi connectivity index (χ1n) is 8.38. The fourth-order valence-corrected chi connectivity index (χ4v) is 2.33. The van der Waals surface area contributed by atoms with Gasteiger partial charge in [0.1, 0.15) is 5.75 Å². The average molecular weight is 407 g/mol. The first kappa shape index (κ1) is 20.1. The van der Waals surface area contributed by atoms with Crippen LogP contribution >= 0.6 is 0 Å². The molecule has 0 radical (unpaired) electrons. The molecule has 2 aromatic carbocycles. The molecule has 0 aliphatic heterocycles. The summed E-state index contributed by atoms with van der Waals surface area (Å²) in [4.78, 5) is 36.2. The van der Waals surface area contributed by atoms with Crippen LogP contribution in [0.3, 0.4) is 0 Å². The molecule has 0 unspecified atom stereocenters. The highest BCUT2D eigenvalue weighted by Gasteiger charge is 2.21. The van der Waals surface area contributed by atoms with E-state index in [1.165, 1.54) is 36.8 Å². The summed E-state index contributed by atoms with van der Waals surface area (Å²) < 4.78 is 5.48. The minimum absolute atomic E-state index is 0.128. The van der Waals surface area contributed by atoms with Crippen molar-refractivity contribution in [1.82, 2.24) is 10.4 Å². The van der Waals surface area contributed by atoms with Crippen LogP contribution in [0.4, 0.5) is 11.4 Å². The molecule has 0 atom stereocenters. The van der Waals surface area contributed by atoms with Gasteiger partial charge in [-0.2, -0.15) is 5.10 Å². The number of nitro groups is 2. The van der Waals surface area contributed by atoms with Gasteiger partial charge in [0.25, 0.3) is 11.6 Å². The number of hydrazone groups is 1. The molecule has 1 heterocycles. The fourth-order valence-electron chi connectivity index (χ4n) is 2.33. The average Bonchev–Trinajstić information content (AvgIpc) is 2.75. The number of carbonyl (C=O) groups excluding carboxylic acids is 1. The fraction of sp³-hybridized carbons (Fsp3) is 0. The first-order valence-corrected chi connectivity index (χ1v) is 8.38. The van der Waals surface area contributed by atoms with E-state index in [-0.39, 0.29) is 17.4 Å². The van der Waals surface area contributed by atoms with Crippen molar-refractivity contribution < 1.29 is 19.4 Å². The van der Waals surface area contributed by atoms with E-state index >= 15 is 0 Å². The molecule has 3 rings (SSSR count). The van der Waals surface area contributed by atoms with Gasteiger partial charge in [-0.1, -0.05) is 0 Å². The predicted molar refractivity (Wildman–Crippen MR) is 106 cm³/mol. The SMILES string of the molecule is O=C(N/N=C/c1ccc(Oc2ccc([N+](=O)[O-])cc2[N+](=O)[O-])cc1)c1ccncc1. The molecule has 3 aromatic rings. The lowest BCUT2D eigenvalue weighted by Crippen LogP contribution is -2.17. The van der Waals surface area contributed by atoms with Crippen LogP contribution in [0.1, 0.15) is 15.9 Å². The molecular weight excluding hydrogens is 394 g/mol. The quantitative estimate of drug-likeness (QED) is 0.358. The summed E-state index contributed by atoms with van der Waals surface area (Å²) in [7, 11) is 0. The molecule has 0 bridgehead atoms. The van der Waals surface area contributed by atoms with Gasteiger partial charge < -0.3 is 4.74 Å². The molecule has 0 saturated heterocycles. The third-order valence-corrected chi connectivity index (χ3v) is 3.78. The van der Waals surface area contributed by atoms with E-state index in [0.717, 1.165) is 12.1 Å². The normalized spacial score (nSPS) is 10.5. The Morgan fingerprint density at radius 1 is 1.00 bits per heavy atom. The number of carbonyl (C=O) groups is 1. The van der Waals surface area contributed by atoms with E-state index in [4.69, 9.17) is 4.74 Å². The van der Waals surface area contributed by atoms with Gasteiger partial charge >= 0.3 is 5.69 Å². The van der Waals surface area contributed by atoms with Crippen molar-refractivity contribution in [1.29, 1.82) is 0 Å². The molecule has 1 amide bonds. The van der Waals surface area contributed by atoms with E-state index in [0.29, 0.717) is 11.1 Å². The lowest BCUT2D eigenvalue weighted by molar-refractivity contribution is -0.394. The van der Waals surface area contributed by atoms with Crippen LogP contribution < -0.4 is 10.2 Å². The highest BCUT2D eigenvalue weighted by atomic mass is 16.6. The van der Waals surface area contributed by atoms with Gasteiger partial charge in [0.05, 0.1) is 22.1 Å². The molecule has 1 N–H and O–H groups in total. The van der Waals surface area contributed by atoms with Crippen LogP contribution in [0, 0.1) is 20.2 Å². The molecule has 0 saturated carbocycles. The Hall–Kier alpha value is -4.67. The molecule has 11 heteroatoms. The van der Waals surface area contributed by atoms with Gasteiger partial charge in [0.15, 0.2) is 0 Å². The number of non-ortho nitro benzene ring substituents is 1. The van der Waals surface area contributed by atoms with E-state index in [1.807, 2.05) is 0 Å². The Morgan fingerprint density at radius 3 is 2.33 bits per heavy atom. The summed E-state index contributed by atoms with van der Waals surface area (Å²) in [6, 6.07) is 12.5. The van der Waals surface area contributed by atoms with Gasteiger partial charge in [-0.05, 0) is 48.0 Å². The summed E-state index contributed by atoms with van der Waals surface area (Å²) in [5.41, 5.74) is 2.50. The number of hydrogen-bond acceptors (Lipinski definition) is 8. The van der Waals surface area contributed by atoms with Crippen LogP contribution in [-0.4, -0.2) is 27.0 Å². The smallest absolute Gasteiger partial charge is 0.318 e. The monoisotopic (exact) mass is 407 g/mol. The Balaban J connectivity index is 1.67. The van der Waals surface area contributed by atoms with E-state index in [2.05, 4.69) is 15.5 Å². The second kappa shape index (κ2) is 9.01. The Labute approximate surface area is 168 Å². The number of hydrogen-bond donors (Lipinski definition) is 1. The number of nitro benzene ring substituents is 2. The number of pyridine rings is 1. The third-order valence-electron chi connectivity index (χ3n) is 3.78. The number of benzene rings is 2. The Morgan fingerprint density at radius 2 is 1.70 bits per heavy atom. The maximum Gasteiger partial charge on any atom is 0.318 e. The molecule has 1 aromatic heterocycles. The molecule has 150 valence electrons. The summed E-state index contributed by atoms with van der Waals surface area (Å²) in [5.74, 6) is -0.236. The van der Waals surface area contributed by atoms with Crippen molar-refractivity contribution in [3.05, 3.63) is 98.3 Å². The zero-order valence-corrected chi connectivity index (χ0v) is 15.2. The number of nitrogens with one attached hydrogen (secondary N) is 1. The van der Waals surface area contributed by atoms with Crippen molar-refractivity contribution in [3.8, 4) is 11.5 Å². The van der Waals surface area contributed by atoms with Crippen LogP contribution in [0.15, 0.2) is 72.1 Å². The zero-order valence-electron chi connectivity index (χ0n) is 15.2. The maximum absolute atomic E-state index is 11.9. The second-order valence-corrected chi connectivity index (χ2v) is 5.77. The number of amides is 1. The second-order valence-electron chi connectivity index (χ2n) is 5.77. The van der Waals surface area contributed by atoms with Crippen LogP contribution in [0.25, 0.3) is 0 Å². The van der Waals surface area contributed by atoms with Crippen LogP contribution in [-0.2, 0) is 0 Å². The van der Waals surface area contributed by atoms with E-state index in [9.17, 15) is 25.0 Å². The van der Waals surface area contributed by atoms with Gasteiger partial charge in [0.2, 0.25) is 5.75 Å². The van der Waals surface area contributed by atoms with Crippen LogP contribution in [0.5, 0.6) is 11.5 Å². The van der Waals surface area contributed by atoms with E-state index < -0.39 is 21.2 Å². The summed E-state index contributed by atoms with van der Waals surface area (Å²) in [6.45, 7) is 0. The molecule has 0 spiro atoms. The number of rotatable bonds is 7. The molecule has 0 aliphatic rings. The number of nitrogens with zero attached hydrogens (tertiary/aromatic N) is 4. The Bertz CT molecular complexity index is 1120. The van der Waals surface area contributed by atoms with Gasteiger partial charge in [0, 0.05) is 24.0 Å². The zero-order chi connectivity index (χ0) is 21.5. The van der Waals surface area contributed by atoms with Crippen molar-refractivity contribution in [3.63, 3.8) is 0 Å². The van der Waals surface area contributed by atoms with Gasteiger partial charge in [-0.25, -0.2) is 5.43 Å². The topological polar surface area (TPSA) is 150 Å². The molecule has 0 aliphatic carbocycles. The van der Waals surface area contributed by atoms with Crippen molar-refractivity contribution >= 4 is 23.5 Å².